The summed E-state index contributed by atoms with van der Waals surface area (Å²) in [6.07, 6.45) is 3.62. The minimum atomic E-state index is 0.220. The Labute approximate surface area is 172 Å². The van der Waals surface area contributed by atoms with E-state index < -0.39 is 0 Å². The van der Waals surface area contributed by atoms with Crippen molar-refractivity contribution in [2.24, 2.45) is 0 Å². The zero-order chi connectivity index (χ0) is 19.6. The van der Waals surface area contributed by atoms with Crippen LogP contribution in [0.15, 0.2) is 58.8 Å². The van der Waals surface area contributed by atoms with Crippen molar-refractivity contribution in [3.63, 3.8) is 0 Å². The highest BCUT2D eigenvalue weighted by Crippen LogP contribution is 2.26. The Morgan fingerprint density at radius 2 is 1.90 bits per heavy atom. The normalized spacial score (nSPS) is 14.7. The van der Waals surface area contributed by atoms with Crippen molar-refractivity contribution in [3.8, 4) is 28.6 Å². The van der Waals surface area contributed by atoms with Crippen molar-refractivity contribution in [1.82, 2.24) is 25.0 Å². The van der Waals surface area contributed by atoms with Crippen LogP contribution >= 0.6 is 11.3 Å². The van der Waals surface area contributed by atoms with Crippen LogP contribution in [0.1, 0.15) is 10.6 Å². The van der Waals surface area contributed by atoms with Gasteiger partial charge in [-0.2, -0.15) is 4.98 Å². The monoisotopic (exact) mass is 405 g/mol. The van der Waals surface area contributed by atoms with Crippen LogP contribution in [0, 0.1) is 6.92 Å². The van der Waals surface area contributed by atoms with E-state index in [4.69, 9.17) is 9.26 Å². The molecule has 0 radical (unpaired) electrons. The average molecular weight is 405 g/mol. The second-order valence-electron chi connectivity index (χ2n) is 6.98. The maximum Gasteiger partial charge on any atom is 0.258 e. The summed E-state index contributed by atoms with van der Waals surface area (Å²) in [6, 6.07) is 11.5. The van der Waals surface area contributed by atoms with Gasteiger partial charge < -0.3 is 9.26 Å². The van der Waals surface area contributed by atoms with Gasteiger partial charge in [0.1, 0.15) is 11.9 Å². The molecule has 1 aromatic carbocycles. The number of thiazole rings is 1. The number of rotatable bonds is 6. The number of hydrogen-bond acceptors (Lipinski definition) is 8. The molecule has 0 spiro atoms. The molecular formula is C21H19N5O2S. The summed E-state index contributed by atoms with van der Waals surface area (Å²) in [7, 11) is 0. The Balaban J connectivity index is 1.17. The molecule has 1 aliphatic rings. The molecule has 1 aliphatic heterocycles. The second-order valence-corrected chi connectivity index (χ2v) is 7.92. The first kappa shape index (κ1) is 18.0. The minimum absolute atomic E-state index is 0.220. The summed E-state index contributed by atoms with van der Waals surface area (Å²) in [5.41, 5.74) is 4.77. The number of hydrogen-bond donors (Lipinski definition) is 0. The van der Waals surface area contributed by atoms with Crippen molar-refractivity contribution >= 4 is 11.3 Å². The number of benzene rings is 1. The topological polar surface area (TPSA) is 77.2 Å². The number of pyridine rings is 1. The van der Waals surface area contributed by atoms with Gasteiger partial charge in [0.15, 0.2) is 0 Å². The molecule has 1 fully saturated rings. The molecule has 4 aromatic rings. The first-order valence-electron chi connectivity index (χ1n) is 9.37. The van der Waals surface area contributed by atoms with Gasteiger partial charge in [0.05, 0.1) is 11.2 Å². The van der Waals surface area contributed by atoms with Crippen LogP contribution in [0.5, 0.6) is 5.75 Å². The van der Waals surface area contributed by atoms with Crippen molar-refractivity contribution in [2.45, 2.75) is 19.6 Å². The Morgan fingerprint density at radius 3 is 2.62 bits per heavy atom. The summed E-state index contributed by atoms with van der Waals surface area (Å²) >= 11 is 1.72. The molecule has 4 heterocycles. The first-order chi connectivity index (χ1) is 14.2. The molecule has 3 aromatic heterocycles. The fourth-order valence-corrected chi connectivity index (χ4v) is 4.05. The largest absolute Gasteiger partial charge is 0.488 e. The van der Waals surface area contributed by atoms with Gasteiger partial charge >= 0.3 is 0 Å². The summed E-state index contributed by atoms with van der Waals surface area (Å²) in [5.74, 6) is 1.89. The highest BCUT2D eigenvalue weighted by atomic mass is 32.1. The summed E-state index contributed by atoms with van der Waals surface area (Å²) in [5, 5.41) is 4.08. The zero-order valence-corrected chi connectivity index (χ0v) is 16.7. The molecule has 5 rings (SSSR count). The maximum absolute atomic E-state index is 6.07. The molecule has 1 saturated heterocycles. The average Bonchev–Trinajstić information content (AvgIpc) is 3.37. The van der Waals surface area contributed by atoms with E-state index in [0.717, 1.165) is 42.2 Å². The summed E-state index contributed by atoms with van der Waals surface area (Å²) < 4.78 is 11.4. The van der Waals surface area contributed by atoms with Crippen molar-refractivity contribution in [1.29, 1.82) is 0 Å². The van der Waals surface area contributed by atoms with Gasteiger partial charge in [0, 0.05) is 48.0 Å². The number of aryl methyl sites for hydroxylation is 1. The Morgan fingerprint density at radius 1 is 1.10 bits per heavy atom. The third-order valence-corrected chi connectivity index (χ3v) is 5.82. The van der Waals surface area contributed by atoms with Gasteiger partial charge in [-0.15, -0.1) is 11.3 Å². The Bertz CT molecular complexity index is 1090. The van der Waals surface area contributed by atoms with E-state index in [-0.39, 0.29) is 6.10 Å². The molecule has 8 heteroatoms. The third kappa shape index (κ3) is 3.90. The lowest BCUT2D eigenvalue weighted by atomic mass is 10.1. The summed E-state index contributed by atoms with van der Waals surface area (Å²) in [6.45, 7) is 4.87. The van der Waals surface area contributed by atoms with Crippen molar-refractivity contribution in [2.75, 3.05) is 13.1 Å². The van der Waals surface area contributed by atoms with Gasteiger partial charge in [0.25, 0.3) is 5.89 Å². The lowest BCUT2D eigenvalue weighted by Crippen LogP contribution is -2.53. The van der Waals surface area contributed by atoms with Crippen LogP contribution in [-0.4, -0.2) is 44.2 Å². The smallest absolute Gasteiger partial charge is 0.258 e. The van der Waals surface area contributed by atoms with Crippen LogP contribution in [0.4, 0.5) is 0 Å². The van der Waals surface area contributed by atoms with E-state index in [0.29, 0.717) is 11.7 Å². The van der Waals surface area contributed by atoms with Crippen LogP contribution < -0.4 is 4.74 Å². The Hall–Kier alpha value is -3.10. The van der Waals surface area contributed by atoms with Crippen LogP contribution in [0.3, 0.4) is 0 Å². The van der Waals surface area contributed by atoms with Crippen molar-refractivity contribution < 1.29 is 9.26 Å². The lowest BCUT2D eigenvalue weighted by molar-refractivity contribution is 0.0151. The molecule has 0 amide bonds. The molecule has 0 unspecified atom stereocenters. The van der Waals surface area contributed by atoms with Crippen molar-refractivity contribution in [3.05, 3.63) is 64.9 Å². The quantitative estimate of drug-likeness (QED) is 0.482. The fourth-order valence-electron chi connectivity index (χ4n) is 3.23. The molecule has 7 nitrogen and oxygen atoms in total. The van der Waals surface area contributed by atoms with Gasteiger partial charge in [-0.3, -0.25) is 9.88 Å². The molecule has 146 valence electrons. The molecule has 0 bridgehead atoms. The van der Waals surface area contributed by atoms with Crippen LogP contribution in [0.2, 0.25) is 0 Å². The number of aromatic nitrogens is 4. The van der Waals surface area contributed by atoms with Gasteiger partial charge in [-0.05, 0) is 43.3 Å². The molecule has 29 heavy (non-hydrogen) atoms. The third-order valence-electron chi connectivity index (χ3n) is 4.90. The zero-order valence-electron chi connectivity index (χ0n) is 15.9. The van der Waals surface area contributed by atoms with E-state index in [1.165, 1.54) is 4.88 Å². The molecule has 0 atom stereocenters. The predicted molar refractivity (Wildman–Crippen MR) is 110 cm³/mol. The minimum Gasteiger partial charge on any atom is -0.488 e. The van der Waals surface area contributed by atoms with E-state index >= 15 is 0 Å². The Kier molecular flexibility index (Phi) is 4.79. The molecule has 0 saturated carbocycles. The fraction of sp³-hybridized carbons (Fsp3) is 0.238. The maximum atomic E-state index is 6.07. The first-order valence-corrected chi connectivity index (χ1v) is 10.2. The van der Waals surface area contributed by atoms with E-state index in [1.807, 2.05) is 41.9 Å². The highest BCUT2D eigenvalue weighted by molar-refractivity contribution is 7.09. The molecular weight excluding hydrogens is 386 g/mol. The number of ether oxygens (including phenoxy) is 1. The number of nitrogens with zero attached hydrogens (tertiary/aromatic N) is 5. The lowest BCUT2D eigenvalue weighted by Gasteiger charge is -2.38. The molecule has 0 aliphatic carbocycles. The van der Waals surface area contributed by atoms with E-state index in [1.54, 1.807) is 23.7 Å². The standard InChI is InChI=1S/C21H19N5O2S/c1-14-19(29-13-23-14)12-26-10-18(11-26)27-17-4-2-15(3-5-17)20-24-21(28-25-20)16-6-8-22-9-7-16/h2-9,13,18H,10-12H2,1H3. The van der Waals surface area contributed by atoms with E-state index in [9.17, 15) is 0 Å². The van der Waals surface area contributed by atoms with E-state index in [2.05, 4.69) is 31.9 Å². The van der Waals surface area contributed by atoms with Crippen LogP contribution in [0.25, 0.3) is 22.8 Å². The second kappa shape index (κ2) is 7.73. The highest BCUT2D eigenvalue weighted by Gasteiger charge is 2.29. The van der Waals surface area contributed by atoms with Gasteiger partial charge in [-0.25, -0.2) is 4.98 Å². The summed E-state index contributed by atoms with van der Waals surface area (Å²) in [4.78, 5) is 16.5. The molecule has 0 N–H and O–H groups in total. The number of likely N-dealkylation sites (tertiary alicyclic amines) is 1. The van der Waals surface area contributed by atoms with Crippen LogP contribution in [-0.2, 0) is 6.54 Å². The van der Waals surface area contributed by atoms with Gasteiger partial charge in [0.2, 0.25) is 5.82 Å². The SMILES string of the molecule is Cc1ncsc1CN1CC(Oc2ccc(-c3noc(-c4ccncc4)n3)cc2)C1. The van der Waals surface area contributed by atoms with Gasteiger partial charge in [-0.1, -0.05) is 5.16 Å². The predicted octanol–water partition coefficient (Wildman–Crippen LogP) is 3.83.